The number of nitriles is 1. The summed E-state index contributed by atoms with van der Waals surface area (Å²) in [6.45, 7) is 3.16. The van der Waals surface area contributed by atoms with E-state index in [2.05, 4.69) is 57.2 Å². The first-order valence-corrected chi connectivity index (χ1v) is 15.8. The van der Waals surface area contributed by atoms with E-state index in [1.807, 2.05) is 47.4 Å². The fourth-order valence-electron chi connectivity index (χ4n) is 6.63. The number of amides is 2. The molecule has 244 valence electrons. The van der Waals surface area contributed by atoms with E-state index in [1.165, 1.54) is 16.6 Å². The van der Waals surface area contributed by atoms with E-state index >= 15 is 0 Å². The molecule has 2 atom stereocenters. The minimum Gasteiger partial charge on any atom is -0.496 e. The third kappa shape index (κ3) is 7.96. The Morgan fingerprint density at radius 3 is 2.36 bits per heavy atom. The second-order valence-corrected chi connectivity index (χ2v) is 12.0. The largest absolute Gasteiger partial charge is 0.496 e. The number of benzene rings is 3. The zero-order valence-electron chi connectivity index (χ0n) is 26.4. The molecule has 2 aliphatic heterocycles. The predicted molar refractivity (Wildman–Crippen MR) is 179 cm³/mol. The monoisotopic (exact) mass is 654 g/mol. The maximum Gasteiger partial charge on any atom is 0.244 e. The molecule has 1 N–H and O–H groups in total. The molecule has 4 aromatic rings. The van der Waals surface area contributed by atoms with Gasteiger partial charge in [-0.2, -0.15) is 5.26 Å². The number of carbonyl (C=O) groups excluding carboxylic acids is 2. The molecule has 0 aliphatic carbocycles. The van der Waals surface area contributed by atoms with Crippen molar-refractivity contribution >= 4 is 24.2 Å². The summed E-state index contributed by atoms with van der Waals surface area (Å²) in [6, 6.07) is 26.5. The van der Waals surface area contributed by atoms with E-state index in [1.54, 1.807) is 12.0 Å². The number of nitrogens with one attached hydrogen (secondary N) is 1. The third-order valence-electron chi connectivity index (χ3n) is 9.22. The number of piperidine rings is 2. The van der Waals surface area contributed by atoms with Crippen LogP contribution >= 0.6 is 12.4 Å². The lowest BCUT2D eigenvalue weighted by atomic mass is 9.84. The summed E-state index contributed by atoms with van der Waals surface area (Å²) < 4.78 is 7.14. The van der Waals surface area contributed by atoms with Crippen LogP contribution in [0.3, 0.4) is 0 Å². The van der Waals surface area contributed by atoms with Gasteiger partial charge in [-0.05, 0) is 70.6 Å². The van der Waals surface area contributed by atoms with Crippen LogP contribution in [0.4, 0.5) is 0 Å². The number of aromatic nitrogens is 4. The first-order chi connectivity index (χ1) is 22.5. The van der Waals surface area contributed by atoms with Gasteiger partial charge in [-0.3, -0.25) is 9.59 Å². The highest BCUT2D eigenvalue weighted by atomic mass is 35.5. The Labute approximate surface area is 280 Å². The highest BCUT2D eigenvalue weighted by Crippen LogP contribution is 2.32. The number of hydrogen-bond donors (Lipinski definition) is 1. The van der Waals surface area contributed by atoms with Crippen molar-refractivity contribution in [1.82, 2.24) is 35.3 Å². The molecule has 0 radical (unpaired) electrons. The Morgan fingerprint density at radius 2 is 1.68 bits per heavy atom. The van der Waals surface area contributed by atoms with Crippen molar-refractivity contribution in [3.05, 3.63) is 95.8 Å². The molecule has 47 heavy (non-hydrogen) atoms. The molecule has 0 bridgehead atoms. The molecule has 2 saturated heterocycles. The van der Waals surface area contributed by atoms with E-state index in [0.717, 1.165) is 28.9 Å². The summed E-state index contributed by atoms with van der Waals surface area (Å²) in [5.41, 5.74) is 4.99. The summed E-state index contributed by atoms with van der Waals surface area (Å²) in [5, 5.41) is 23.9. The summed E-state index contributed by atoms with van der Waals surface area (Å²) in [7, 11) is 1.69. The average molecular weight is 655 g/mol. The molecular formula is C35H39ClN8O3. The number of likely N-dealkylation sites (tertiary alicyclic amines) is 2. The van der Waals surface area contributed by atoms with Gasteiger partial charge in [0.25, 0.3) is 0 Å². The zero-order chi connectivity index (χ0) is 31.9. The van der Waals surface area contributed by atoms with Crippen LogP contribution in [0.1, 0.15) is 41.9 Å². The van der Waals surface area contributed by atoms with Gasteiger partial charge >= 0.3 is 0 Å². The Balaban J connectivity index is 0.00000433. The normalized spacial score (nSPS) is 18.2. The number of hydrogen-bond acceptors (Lipinski definition) is 8. The summed E-state index contributed by atoms with van der Waals surface area (Å²) in [6.07, 6.45) is 3.57. The van der Waals surface area contributed by atoms with Crippen molar-refractivity contribution in [2.24, 2.45) is 5.92 Å². The topological polar surface area (TPSA) is 129 Å². The summed E-state index contributed by atoms with van der Waals surface area (Å²) in [5.74, 6) is 1.00. The van der Waals surface area contributed by atoms with Crippen LogP contribution in [0.15, 0.2) is 79.1 Å². The van der Waals surface area contributed by atoms with Crippen molar-refractivity contribution in [1.29, 1.82) is 5.26 Å². The van der Waals surface area contributed by atoms with Gasteiger partial charge in [0.2, 0.25) is 11.8 Å². The van der Waals surface area contributed by atoms with E-state index < -0.39 is 0 Å². The highest BCUT2D eigenvalue weighted by Gasteiger charge is 2.36. The molecule has 2 fully saturated rings. The van der Waals surface area contributed by atoms with Crippen LogP contribution < -0.4 is 10.1 Å². The minimum atomic E-state index is -0.0905. The molecule has 0 unspecified atom stereocenters. The maximum absolute atomic E-state index is 13.8. The quantitative estimate of drug-likeness (QED) is 0.286. The van der Waals surface area contributed by atoms with Gasteiger partial charge in [-0.1, -0.05) is 48.5 Å². The minimum absolute atomic E-state index is 0. The second-order valence-electron chi connectivity index (χ2n) is 12.0. The van der Waals surface area contributed by atoms with Gasteiger partial charge in [0, 0.05) is 56.2 Å². The fraction of sp³-hybridized carbons (Fsp3) is 0.371. The Morgan fingerprint density at radius 1 is 0.957 bits per heavy atom. The molecule has 11 nitrogen and oxygen atoms in total. The molecule has 1 aromatic heterocycles. The Bertz CT molecular complexity index is 1670. The van der Waals surface area contributed by atoms with E-state index in [0.29, 0.717) is 51.1 Å². The number of rotatable bonds is 9. The third-order valence-corrected chi connectivity index (χ3v) is 9.22. The van der Waals surface area contributed by atoms with Crippen LogP contribution in [-0.2, 0) is 22.7 Å². The maximum atomic E-state index is 13.8. The van der Waals surface area contributed by atoms with E-state index in [9.17, 15) is 14.9 Å². The number of ether oxygens (including phenoxy) is 1. The van der Waals surface area contributed by atoms with Gasteiger partial charge in [0.15, 0.2) is 0 Å². The standard InChI is InChI=1S/C35H38N8O3.ClH/c1-46-33-12-11-29(26-9-7-25(20-36)8-10-26)19-30(33)21-37-32-15-18-42(22-31(32)27-5-3-2-4-6-27)35(45)28-13-16-41(17-14-28)34(44)23-43-24-38-39-40-43;/h2-12,19,24,28,31-32,37H,13-18,21-23H2,1H3;1H/t31-,32-;/m0./s1. The molecule has 3 aromatic carbocycles. The molecule has 2 aliphatic rings. The van der Waals surface area contributed by atoms with Crippen LogP contribution in [0.2, 0.25) is 0 Å². The van der Waals surface area contributed by atoms with Gasteiger partial charge in [0.1, 0.15) is 18.6 Å². The predicted octanol–water partition coefficient (Wildman–Crippen LogP) is 4.06. The number of halogens is 1. The van der Waals surface area contributed by atoms with Crippen molar-refractivity contribution in [2.45, 2.75) is 44.3 Å². The van der Waals surface area contributed by atoms with Crippen molar-refractivity contribution in [3.8, 4) is 22.9 Å². The molecule has 12 heteroatoms. The first kappa shape index (κ1) is 33.6. The number of carbonyl (C=O) groups is 2. The SMILES string of the molecule is COc1ccc(-c2ccc(C#N)cc2)cc1CN[C@H]1CCN(C(=O)C2CCN(C(=O)Cn3cnnn3)CC2)C[C@H]1c1ccccc1.Cl. The van der Waals surface area contributed by atoms with Gasteiger partial charge in [0.05, 0.1) is 18.7 Å². The van der Waals surface area contributed by atoms with Crippen LogP contribution in [0, 0.1) is 17.2 Å². The molecule has 0 spiro atoms. The highest BCUT2D eigenvalue weighted by molar-refractivity contribution is 5.85. The first-order valence-electron chi connectivity index (χ1n) is 15.8. The van der Waals surface area contributed by atoms with Crippen molar-refractivity contribution < 1.29 is 14.3 Å². The lowest BCUT2D eigenvalue weighted by molar-refractivity contribution is -0.142. The number of nitrogens with zero attached hydrogens (tertiary/aromatic N) is 7. The van der Waals surface area contributed by atoms with Crippen LogP contribution in [0.5, 0.6) is 5.75 Å². The van der Waals surface area contributed by atoms with Gasteiger partial charge in [-0.15, -0.1) is 17.5 Å². The molecule has 2 amide bonds. The summed E-state index contributed by atoms with van der Waals surface area (Å²) in [4.78, 5) is 30.3. The number of methoxy groups -OCH3 is 1. The van der Waals surface area contributed by atoms with Crippen molar-refractivity contribution in [2.75, 3.05) is 33.3 Å². The smallest absolute Gasteiger partial charge is 0.244 e. The lowest BCUT2D eigenvalue weighted by Gasteiger charge is -2.42. The van der Waals surface area contributed by atoms with E-state index in [4.69, 9.17) is 4.74 Å². The fourth-order valence-corrected chi connectivity index (χ4v) is 6.63. The van der Waals surface area contributed by atoms with Crippen LogP contribution in [-0.4, -0.2) is 81.2 Å². The average Bonchev–Trinajstić information content (AvgIpc) is 3.64. The zero-order valence-corrected chi connectivity index (χ0v) is 27.2. The molecule has 6 rings (SSSR count). The molecule has 0 saturated carbocycles. The van der Waals surface area contributed by atoms with Gasteiger partial charge < -0.3 is 19.9 Å². The Hall–Kier alpha value is -4.79. The molecular weight excluding hydrogens is 616 g/mol. The van der Waals surface area contributed by atoms with Crippen LogP contribution in [0.25, 0.3) is 11.1 Å². The van der Waals surface area contributed by atoms with E-state index in [-0.39, 0.29) is 48.6 Å². The summed E-state index contributed by atoms with van der Waals surface area (Å²) >= 11 is 0. The second kappa shape index (κ2) is 15.7. The van der Waals surface area contributed by atoms with Gasteiger partial charge in [-0.25, -0.2) is 4.68 Å². The lowest BCUT2D eigenvalue weighted by Crippen LogP contribution is -2.52. The van der Waals surface area contributed by atoms with Crippen molar-refractivity contribution in [3.63, 3.8) is 0 Å². The molecule has 3 heterocycles. The Kier molecular flexibility index (Phi) is 11.2. The number of tetrazole rings is 1.